The summed E-state index contributed by atoms with van der Waals surface area (Å²) in [6, 6.07) is 16.5. The van der Waals surface area contributed by atoms with Crippen LogP contribution >= 0.6 is 0 Å². The van der Waals surface area contributed by atoms with Gasteiger partial charge in [0.2, 0.25) is 0 Å². The van der Waals surface area contributed by atoms with E-state index in [9.17, 15) is 9.50 Å². The third kappa shape index (κ3) is 2.76. The van der Waals surface area contributed by atoms with Crippen molar-refractivity contribution in [2.75, 3.05) is 0 Å². The van der Waals surface area contributed by atoms with Crippen molar-refractivity contribution in [2.45, 2.75) is 56.8 Å². The van der Waals surface area contributed by atoms with Crippen LogP contribution < -0.4 is 0 Å². The molecule has 24 heavy (non-hydrogen) atoms. The van der Waals surface area contributed by atoms with Gasteiger partial charge in [-0.1, -0.05) is 42.5 Å². The predicted octanol–water partition coefficient (Wildman–Crippen LogP) is 4.15. The van der Waals surface area contributed by atoms with E-state index in [2.05, 4.69) is 29.2 Å². The quantitative estimate of drug-likeness (QED) is 0.916. The molecule has 2 bridgehead atoms. The van der Waals surface area contributed by atoms with E-state index in [0.29, 0.717) is 30.5 Å². The Labute approximate surface area is 142 Å². The van der Waals surface area contributed by atoms with Crippen LogP contribution in [0.25, 0.3) is 0 Å². The first-order valence-electron chi connectivity index (χ1n) is 8.84. The molecule has 3 heteroatoms. The summed E-state index contributed by atoms with van der Waals surface area (Å²) < 4.78 is 14.0. The first kappa shape index (κ1) is 15.8. The van der Waals surface area contributed by atoms with Gasteiger partial charge >= 0.3 is 0 Å². The van der Waals surface area contributed by atoms with Gasteiger partial charge in [0, 0.05) is 18.6 Å². The molecule has 0 radical (unpaired) electrons. The SMILES string of the molecule is Cc1ccc(C2(O)CC3CCC(C2)N3Cc2ccccc2)cc1F. The number of fused-ring (bicyclic) bond motifs is 2. The number of nitrogens with zero attached hydrogens (tertiary/aromatic N) is 1. The average molecular weight is 325 g/mol. The van der Waals surface area contributed by atoms with Crippen molar-refractivity contribution in [3.63, 3.8) is 0 Å². The number of hydrogen-bond acceptors (Lipinski definition) is 2. The van der Waals surface area contributed by atoms with Gasteiger partial charge in [-0.2, -0.15) is 0 Å². The van der Waals surface area contributed by atoms with Crippen LogP contribution in [0.2, 0.25) is 0 Å². The Balaban J connectivity index is 1.56. The predicted molar refractivity (Wildman–Crippen MR) is 93.1 cm³/mol. The van der Waals surface area contributed by atoms with Crippen molar-refractivity contribution >= 4 is 0 Å². The fraction of sp³-hybridized carbons (Fsp3) is 0.429. The zero-order valence-electron chi connectivity index (χ0n) is 14.1. The highest BCUT2D eigenvalue weighted by atomic mass is 19.1. The summed E-state index contributed by atoms with van der Waals surface area (Å²) in [5.74, 6) is -0.222. The normalized spacial score (nSPS) is 29.8. The van der Waals surface area contributed by atoms with Crippen LogP contribution in [0, 0.1) is 12.7 Å². The van der Waals surface area contributed by atoms with E-state index in [1.165, 1.54) is 11.6 Å². The average Bonchev–Trinajstić information content (AvgIpc) is 2.82. The maximum Gasteiger partial charge on any atom is 0.126 e. The second-order valence-electron chi connectivity index (χ2n) is 7.45. The molecular formula is C21H24FNO. The van der Waals surface area contributed by atoms with Crippen LogP contribution in [0.4, 0.5) is 4.39 Å². The van der Waals surface area contributed by atoms with Crippen molar-refractivity contribution in [1.82, 2.24) is 4.90 Å². The Kier molecular flexibility index (Phi) is 3.93. The summed E-state index contributed by atoms with van der Waals surface area (Å²) in [6.45, 7) is 2.70. The topological polar surface area (TPSA) is 23.5 Å². The van der Waals surface area contributed by atoms with E-state index in [-0.39, 0.29) is 5.82 Å². The largest absolute Gasteiger partial charge is 0.385 e. The highest BCUT2D eigenvalue weighted by Crippen LogP contribution is 2.46. The number of hydrogen-bond donors (Lipinski definition) is 1. The highest BCUT2D eigenvalue weighted by molar-refractivity contribution is 5.30. The zero-order chi connectivity index (χ0) is 16.7. The van der Waals surface area contributed by atoms with Gasteiger partial charge in [0.25, 0.3) is 0 Å². The zero-order valence-corrected chi connectivity index (χ0v) is 14.1. The molecule has 2 aromatic rings. The first-order valence-corrected chi connectivity index (χ1v) is 8.84. The lowest BCUT2D eigenvalue weighted by atomic mass is 9.80. The Bertz CT molecular complexity index is 716. The highest BCUT2D eigenvalue weighted by Gasteiger charge is 2.48. The molecule has 2 aliphatic rings. The van der Waals surface area contributed by atoms with Crippen LogP contribution in [0.5, 0.6) is 0 Å². The van der Waals surface area contributed by atoms with Crippen LogP contribution in [-0.2, 0) is 12.1 Å². The Morgan fingerprint density at radius 2 is 1.75 bits per heavy atom. The van der Waals surface area contributed by atoms with Gasteiger partial charge in [0.15, 0.2) is 0 Å². The summed E-state index contributed by atoms with van der Waals surface area (Å²) in [5, 5.41) is 11.2. The van der Waals surface area contributed by atoms with Crippen molar-refractivity contribution in [3.05, 3.63) is 71.0 Å². The summed E-state index contributed by atoms with van der Waals surface area (Å²) in [4.78, 5) is 2.54. The van der Waals surface area contributed by atoms with E-state index >= 15 is 0 Å². The molecule has 0 spiro atoms. The molecular weight excluding hydrogens is 301 g/mol. The Morgan fingerprint density at radius 3 is 2.38 bits per heavy atom. The standard InChI is InChI=1S/C21H24FNO/c1-15-7-8-17(11-20(15)22)21(24)12-18-9-10-19(13-21)23(18)14-16-5-3-2-4-6-16/h2-8,11,18-19,24H,9-10,12-14H2,1H3. The molecule has 0 amide bonds. The summed E-state index contributed by atoms with van der Waals surface area (Å²) >= 11 is 0. The summed E-state index contributed by atoms with van der Waals surface area (Å²) in [5.41, 5.74) is 1.79. The first-order chi connectivity index (χ1) is 11.5. The molecule has 1 N–H and O–H groups in total. The number of piperidine rings is 1. The van der Waals surface area contributed by atoms with Gasteiger partial charge in [-0.05, 0) is 55.4 Å². The molecule has 0 saturated carbocycles. The number of aliphatic hydroxyl groups is 1. The minimum atomic E-state index is -0.895. The maximum atomic E-state index is 14.0. The molecule has 4 rings (SSSR count). The molecule has 2 aromatic carbocycles. The molecule has 0 aliphatic carbocycles. The number of halogens is 1. The fourth-order valence-corrected chi connectivity index (χ4v) is 4.49. The minimum absolute atomic E-state index is 0.222. The molecule has 2 atom stereocenters. The lowest BCUT2D eigenvalue weighted by Crippen LogP contribution is -2.49. The third-order valence-corrected chi connectivity index (χ3v) is 5.83. The van der Waals surface area contributed by atoms with E-state index in [0.717, 1.165) is 24.9 Å². The van der Waals surface area contributed by atoms with Gasteiger partial charge in [0.05, 0.1) is 5.60 Å². The van der Waals surface area contributed by atoms with Gasteiger partial charge in [0.1, 0.15) is 5.82 Å². The van der Waals surface area contributed by atoms with Crippen LogP contribution in [0.3, 0.4) is 0 Å². The van der Waals surface area contributed by atoms with Crippen molar-refractivity contribution in [2.24, 2.45) is 0 Å². The van der Waals surface area contributed by atoms with Crippen LogP contribution in [-0.4, -0.2) is 22.1 Å². The molecule has 2 nitrogen and oxygen atoms in total. The monoisotopic (exact) mass is 325 g/mol. The van der Waals surface area contributed by atoms with Gasteiger partial charge in [-0.25, -0.2) is 4.39 Å². The lowest BCUT2D eigenvalue weighted by molar-refractivity contribution is -0.0596. The van der Waals surface area contributed by atoms with Crippen molar-refractivity contribution in [3.8, 4) is 0 Å². The van der Waals surface area contributed by atoms with E-state index in [1.807, 2.05) is 12.1 Å². The van der Waals surface area contributed by atoms with Crippen LogP contribution in [0.1, 0.15) is 42.4 Å². The Morgan fingerprint density at radius 1 is 1.08 bits per heavy atom. The van der Waals surface area contributed by atoms with Crippen molar-refractivity contribution in [1.29, 1.82) is 0 Å². The third-order valence-electron chi connectivity index (χ3n) is 5.83. The molecule has 126 valence electrons. The number of rotatable bonds is 3. The Hall–Kier alpha value is -1.71. The van der Waals surface area contributed by atoms with Gasteiger partial charge in [-0.3, -0.25) is 4.90 Å². The summed E-state index contributed by atoms with van der Waals surface area (Å²) in [6.07, 6.45) is 3.62. The second kappa shape index (κ2) is 5.98. The van der Waals surface area contributed by atoms with Gasteiger partial charge < -0.3 is 5.11 Å². The second-order valence-corrected chi connectivity index (χ2v) is 7.45. The smallest absolute Gasteiger partial charge is 0.126 e. The van der Waals surface area contributed by atoms with Crippen LogP contribution in [0.15, 0.2) is 48.5 Å². The van der Waals surface area contributed by atoms with E-state index in [1.54, 1.807) is 13.0 Å². The molecule has 2 unspecified atom stereocenters. The molecule has 0 aromatic heterocycles. The van der Waals surface area contributed by atoms with E-state index < -0.39 is 5.60 Å². The molecule has 2 heterocycles. The number of benzene rings is 2. The molecule has 2 fully saturated rings. The van der Waals surface area contributed by atoms with E-state index in [4.69, 9.17) is 0 Å². The number of aryl methyl sites for hydroxylation is 1. The summed E-state index contributed by atoms with van der Waals surface area (Å²) in [7, 11) is 0. The lowest BCUT2D eigenvalue weighted by Gasteiger charge is -2.44. The maximum absolute atomic E-state index is 14.0. The van der Waals surface area contributed by atoms with Crippen molar-refractivity contribution < 1.29 is 9.50 Å². The minimum Gasteiger partial charge on any atom is -0.385 e. The fourth-order valence-electron chi connectivity index (χ4n) is 4.49. The molecule has 2 saturated heterocycles. The molecule has 2 aliphatic heterocycles. The van der Waals surface area contributed by atoms with Gasteiger partial charge in [-0.15, -0.1) is 0 Å².